The molecule has 0 fully saturated rings. The van der Waals surface area contributed by atoms with E-state index < -0.39 is 6.04 Å². The number of anilines is 2. The summed E-state index contributed by atoms with van der Waals surface area (Å²) in [6.07, 6.45) is 0. The average Bonchev–Trinajstić information content (AvgIpc) is 2.68. The van der Waals surface area contributed by atoms with Gasteiger partial charge in [0.05, 0.1) is 5.69 Å². The summed E-state index contributed by atoms with van der Waals surface area (Å²) in [7, 11) is 0. The molecule has 27 heavy (non-hydrogen) atoms. The van der Waals surface area contributed by atoms with Crippen LogP contribution < -0.4 is 14.5 Å². The van der Waals surface area contributed by atoms with E-state index in [1.807, 2.05) is 37.3 Å². The predicted octanol–water partition coefficient (Wildman–Crippen LogP) is 3.06. The Bertz CT molecular complexity index is 879. The van der Waals surface area contributed by atoms with E-state index in [0.29, 0.717) is 23.5 Å². The van der Waals surface area contributed by atoms with Crippen LogP contribution in [-0.2, 0) is 9.59 Å². The SMILES string of the molecule is CCN(C(=O)C(C)N1C(=O)COc2ccc(C(C)=O)cc21)c1ccccc1. The van der Waals surface area contributed by atoms with E-state index in [1.54, 1.807) is 30.0 Å². The second-order valence-corrected chi connectivity index (χ2v) is 6.39. The van der Waals surface area contributed by atoms with Gasteiger partial charge < -0.3 is 9.64 Å². The van der Waals surface area contributed by atoms with Gasteiger partial charge in [0.1, 0.15) is 11.8 Å². The molecule has 1 heterocycles. The van der Waals surface area contributed by atoms with Gasteiger partial charge in [-0.2, -0.15) is 0 Å². The van der Waals surface area contributed by atoms with Gasteiger partial charge in [0.25, 0.3) is 5.91 Å². The molecule has 1 unspecified atom stereocenters. The molecule has 0 saturated carbocycles. The van der Waals surface area contributed by atoms with Gasteiger partial charge in [-0.05, 0) is 51.1 Å². The van der Waals surface area contributed by atoms with E-state index in [1.165, 1.54) is 11.8 Å². The summed E-state index contributed by atoms with van der Waals surface area (Å²) in [6, 6.07) is 13.5. The van der Waals surface area contributed by atoms with Crippen LogP contribution in [0.15, 0.2) is 48.5 Å². The molecule has 2 aromatic rings. The summed E-state index contributed by atoms with van der Waals surface area (Å²) in [5.74, 6) is -0.137. The molecule has 1 aliphatic heterocycles. The zero-order valence-electron chi connectivity index (χ0n) is 15.6. The fourth-order valence-electron chi connectivity index (χ4n) is 3.22. The molecule has 0 radical (unpaired) electrons. The number of carbonyl (C=O) groups is 3. The minimum Gasteiger partial charge on any atom is -0.482 e. The minimum absolute atomic E-state index is 0.116. The standard InChI is InChI=1S/C21H22N2O4/c1-4-22(17-8-6-5-7-9-17)21(26)14(2)23-18-12-16(15(3)24)10-11-19(18)27-13-20(23)25/h5-12,14H,4,13H2,1-3H3. The Morgan fingerprint density at radius 2 is 1.89 bits per heavy atom. The lowest BCUT2D eigenvalue weighted by Gasteiger charge is -2.36. The van der Waals surface area contributed by atoms with Gasteiger partial charge in [0.2, 0.25) is 5.91 Å². The van der Waals surface area contributed by atoms with E-state index >= 15 is 0 Å². The summed E-state index contributed by atoms with van der Waals surface area (Å²) in [5, 5.41) is 0. The van der Waals surface area contributed by atoms with Crippen LogP contribution in [0.25, 0.3) is 0 Å². The Labute approximate surface area is 158 Å². The van der Waals surface area contributed by atoms with Gasteiger partial charge in [0.15, 0.2) is 12.4 Å². The highest BCUT2D eigenvalue weighted by Crippen LogP contribution is 2.35. The number of hydrogen-bond donors (Lipinski definition) is 0. The molecule has 0 bridgehead atoms. The van der Waals surface area contributed by atoms with Gasteiger partial charge in [0, 0.05) is 17.8 Å². The number of rotatable bonds is 5. The number of likely N-dealkylation sites (N-methyl/N-ethyl adjacent to an activating group) is 1. The van der Waals surface area contributed by atoms with Crippen LogP contribution in [-0.4, -0.2) is 36.8 Å². The fourth-order valence-corrected chi connectivity index (χ4v) is 3.22. The van der Waals surface area contributed by atoms with Crippen molar-refractivity contribution < 1.29 is 19.1 Å². The third-order valence-corrected chi connectivity index (χ3v) is 4.64. The lowest BCUT2D eigenvalue weighted by molar-refractivity contribution is -0.126. The number of Topliss-reactive ketones (excluding diaryl/α,β-unsaturated/α-hetero) is 1. The molecular formula is C21H22N2O4. The van der Waals surface area contributed by atoms with Crippen LogP contribution in [0.3, 0.4) is 0 Å². The lowest BCUT2D eigenvalue weighted by Crippen LogP contribution is -2.52. The number of fused-ring (bicyclic) bond motifs is 1. The second-order valence-electron chi connectivity index (χ2n) is 6.39. The summed E-state index contributed by atoms with van der Waals surface area (Å²) in [6.45, 7) is 5.38. The molecule has 0 saturated heterocycles. The summed E-state index contributed by atoms with van der Waals surface area (Å²) >= 11 is 0. The minimum atomic E-state index is -0.734. The quantitative estimate of drug-likeness (QED) is 0.763. The monoisotopic (exact) mass is 366 g/mol. The Morgan fingerprint density at radius 1 is 1.19 bits per heavy atom. The Morgan fingerprint density at radius 3 is 2.52 bits per heavy atom. The molecule has 1 aliphatic rings. The van der Waals surface area contributed by atoms with Crippen LogP contribution >= 0.6 is 0 Å². The van der Waals surface area contributed by atoms with Crippen LogP contribution in [0.5, 0.6) is 5.75 Å². The van der Waals surface area contributed by atoms with Crippen molar-refractivity contribution in [2.24, 2.45) is 0 Å². The third-order valence-electron chi connectivity index (χ3n) is 4.64. The maximum absolute atomic E-state index is 13.2. The number of amides is 2. The zero-order valence-corrected chi connectivity index (χ0v) is 15.6. The molecule has 140 valence electrons. The van der Waals surface area contributed by atoms with E-state index in [4.69, 9.17) is 4.74 Å². The first kappa shape index (κ1) is 18.6. The largest absolute Gasteiger partial charge is 0.482 e. The number of hydrogen-bond acceptors (Lipinski definition) is 4. The number of carbonyl (C=O) groups excluding carboxylic acids is 3. The van der Waals surface area contributed by atoms with Crippen molar-refractivity contribution in [3.8, 4) is 5.75 Å². The first-order chi connectivity index (χ1) is 12.9. The van der Waals surface area contributed by atoms with Crippen LogP contribution in [0, 0.1) is 0 Å². The van der Waals surface area contributed by atoms with Gasteiger partial charge in [-0.15, -0.1) is 0 Å². The average molecular weight is 366 g/mol. The van der Waals surface area contributed by atoms with Crippen molar-refractivity contribution in [2.75, 3.05) is 23.0 Å². The van der Waals surface area contributed by atoms with E-state index in [2.05, 4.69) is 0 Å². The van der Waals surface area contributed by atoms with E-state index in [0.717, 1.165) is 5.69 Å². The number of benzene rings is 2. The van der Waals surface area contributed by atoms with Gasteiger partial charge in [-0.3, -0.25) is 19.3 Å². The normalized spacial score (nSPS) is 14.2. The first-order valence-electron chi connectivity index (χ1n) is 8.90. The molecule has 2 aromatic carbocycles. The van der Waals surface area contributed by atoms with Gasteiger partial charge in [-0.1, -0.05) is 18.2 Å². The Hall–Kier alpha value is -3.15. The summed E-state index contributed by atoms with van der Waals surface area (Å²) < 4.78 is 5.47. The first-order valence-corrected chi connectivity index (χ1v) is 8.90. The van der Waals surface area contributed by atoms with E-state index in [9.17, 15) is 14.4 Å². The molecule has 0 N–H and O–H groups in total. The second kappa shape index (κ2) is 7.61. The molecule has 6 heteroatoms. The molecule has 3 rings (SSSR count). The smallest absolute Gasteiger partial charge is 0.265 e. The molecule has 1 atom stereocenters. The number of nitrogens with zero attached hydrogens (tertiary/aromatic N) is 2. The van der Waals surface area contributed by atoms with Crippen molar-refractivity contribution in [2.45, 2.75) is 26.8 Å². The van der Waals surface area contributed by atoms with Gasteiger partial charge >= 0.3 is 0 Å². The van der Waals surface area contributed by atoms with Crippen LogP contribution in [0.2, 0.25) is 0 Å². The summed E-state index contributed by atoms with van der Waals surface area (Å²) in [4.78, 5) is 40.6. The van der Waals surface area contributed by atoms with Gasteiger partial charge in [-0.25, -0.2) is 0 Å². The topological polar surface area (TPSA) is 66.9 Å². The maximum Gasteiger partial charge on any atom is 0.265 e. The van der Waals surface area contributed by atoms with E-state index in [-0.39, 0.29) is 24.2 Å². The fraction of sp³-hybridized carbons (Fsp3) is 0.286. The molecule has 0 aliphatic carbocycles. The van der Waals surface area contributed by atoms with Crippen molar-refractivity contribution >= 4 is 29.0 Å². The Balaban J connectivity index is 1.97. The van der Waals surface area contributed by atoms with Crippen molar-refractivity contribution in [3.05, 3.63) is 54.1 Å². The van der Waals surface area contributed by atoms with Crippen molar-refractivity contribution in [3.63, 3.8) is 0 Å². The highest BCUT2D eigenvalue weighted by atomic mass is 16.5. The molecule has 2 amide bonds. The lowest BCUT2D eigenvalue weighted by atomic mass is 10.1. The Kier molecular flexibility index (Phi) is 5.26. The zero-order chi connectivity index (χ0) is 19.6. The number of ketones is 1. The number of para-hydroxylation sites is 1. The maximum atomic E-state index is 13.2. The molecule has 6 nitrogen and oxygen atoms in total. The van der Waals surface area contributed by atoms with Crippen LogP contribution in [0.1, 0.15) is 31.1 Å². The molecule has 0 spiro atoms. The predicted molar refractivity (Wildman–Crippen MR) is 103 cm³/mol. The highest BCUT2D eigenvalue weighted by Gasteiger charge is 2.35. The third kappa shape index (κ3) is 3.56. The number of ether oxygens (including phenoxy) is 1. The van der Waals surface area contributed by atoms with Crippen LogP contribution in [0.4, 0.5) is 11.4 Å². The highest BCUT2D eigenvalue weighted by molar-refractivity contribution is 6.08. The molecular weight excluding hydrogens is 344 g/mol. The molecule has 0 aromatic heterocycles. The summed E-state index contributed by atoms with van der Waals surface area (Å²) in [5.41, 5.74) is 1.69. The van der Waals surface area contributed by atoms with Crippen molar-refractivity contribution in [1.82, 2.24) is 0 Å². The van der Waals surface area contributed by atoms with Crippen molar-refractivity contribution in [1.29, 1.82) is 0 Å².